The van der Waals surface area contributed by atoms with Crippen molar-refractivity contribution in [2.75, 3.05) is 24.6 Å². The van der Waals surface area contributed by atoms with Crippen LogP contribution in [0.2, 0.25) is 5.02 Å². The van der Waals surface area contributed by atoms with Crippen molar-refractivity contribution < 1.29 is 9.84 Å². The van der Waals surface area contributed by atoms with E-state index in [1.165, 1.54) is 11.3 Å². The van der Waals surface area contributed by atoms with E-state index in [0.29, 0.717) is 11.6 Å². The molecule has 0 bridgehead atoms. The Morgan fingerprint density at radius 3 is 2.64 bits per heavy atom. The molecule has 2 aromatic rings. The number of β-amino-alcohol motifs (C(OH)–C–C–N with tert-alkyl or cyclic N) is 1. The second-order valence-electron chi connectivity index (χ2n) is 5.24. The number of hydrogen-bond donors (Lipinski definition) is 1. The summed E-state index contributed by atoms with van der Waals surface area (Å²) in [7, 11) is 0. The number of ether oxygens (including phenoxy) is 1. The Labute approximate surface area is 141 Å². The van der Waals surface area contributed by atoms with Gasteiger partial charge in [0.2, 0.25) is 0 Å². The third-order valence-corrected chi connectivity index (χ3v) is 3.92. The molecule has 22 heavy (non-hydrogen) atoms. The van der Waals surface area contributed by atoms with Crippen LogP contribution in [0.1, 0.15) is 5.56 Å². The summed E-state index contributed by atoms with van der Waals surface area (Å²) < 4.78 is 5.59. The summed E-state index contributed by atoms with van der Waals surface area (Å²) in [5, 5.41) is 10.8. The Bertz CT molecular complexity index is 604. The van der Waals surface area contributed by atoms with Crippen LogP contribution in [0.4, 0.5) is 5.69 Å². The minimum atomic E-state index is -0.521. The van der Waals surface area contributed by atoms with Crippen LogP contribution in [0.5, 0.6) is 5.75 Å². The quantitative estimate of drug-likeness (QED) is 0.903. The van der Waals surface area contributed by atoms with Gasteiger partial charge in [-0.15, -0.1) is 12.4 Å². The largest absolute Gasteiger partial charge is 0.491 e. The summed E-state index contributed by atoms with van der Waals surface area (Å²) in [6.07, 6.45) is 0.521. The number of aliphatic hydroxyl groups is 1. The van der Waals surface area contributed by atoms with Crippen LogP contribution < -0.4 is 9.64 Å². The fourth-order valence-corrected chi connectivity index (χ4v) is 2.75. The lowest BCUT2D eigenvalue weighted by molar-refractivity contribution is 0.112. The molecular weight excluding hydrogens is 321 g/mol. The first-order chi connectivity index (χ1) is 10.2. The van der Waals surface area contributed by atoms with Crippen molar-refractivity contribution in [3.63, 3.8) is 0 Å². The van der Waals surface area contributed by atoms with Gasteiger partial charge in [0.1, 0.15) is 18.5 Å². The van der Waals surface area contributed by atoms with Gasteiger partial charge in [0, 0.05) is 23.8 Å². The highest BCUT2D eigenvalue weighted by Crippen LogP contribution is 2.27. The minimum absolute atomic E-state index is 0. The second-order valence-corrected chi connectivity index (χ2v) is 5.68. The molecule has 0 radical (unpaired) electrons. The maximum atomic E-state index is 10.2. The zero-order chi connectivity index (χ0) is 14.7. The van der Waals surface area contributed by atoms with E-state index in [1.807, 2.05) is 6.07 Å². The van der Waals surface area contributed by atoms with E-state index in [9.17, 15) is 5.11 Å². The molecule has 0 spiro atoms. The van der Waals surface area contributed by atoms with Gasteiger partial charge in [0.05, 0.1) is 0 Å². The zero-order valence-corrected chi connectivity index (χ0v) is 13.7. The maximum absolute atomic E-state index is 10.2. The smallest absolute Gasteiger partial charge is 0.119 e. The van der Waals surface area contributed by atoms with Gasteiger partial charge in [-0.3, -0.25) is 0 Å². The number of aliphatic hydroxyl groups excluding tert-OH is 1. The van der Waals surface area contributed by atoms with Crippen LogP contribution in [-0.4, -0.2) is 30.9 Å². The lowest BCUT2D eigenvalue weighted by Crippen LogP contribution is -2.34. The fraction of sp³-hybridized carbons (Fsp3) is 0.294. The molecule has 1 aliphatic rings. The summed E-state index contributed by atoms with van der Waals surface area (Å²) in [6, 6.07) is 15.5. The Kier molecular flexibility index (Phi) is 5.95. The normalized spacial score (nSPS) is 14.2. The number of fused-ring (bicyclic) bond motifs is 1. The molecule has 1 aliphatic heterocycles. The summed E-state index contributed by atoms with van der Waals surface area (Å²) in [4.78, 5) is 2.21. The molecular formula is C17H19Cl2NO2. The summed E-state index contributed by atoms with van der Waals surface area (Å²) in [5.74, 6) is 0.722. The van der Waals surface area contributed by atoms with Gasteiger partial charge < -0.3 is 14.7 Å². The van der Waals surface area contributed by atoms with Crippen LogP contribution in [0, 0.1) is 0 Å². The summed E-state index contributed by atoms with van der Waals surface area (Å²) in [6.45, 7) is 1.82. The van der Waals surface area contributed by atoms with Crippen molar-refractivity contribution in [3.05, 3.63) is 59.1 Å². The van der Waals surface area contributed by atoms with Gasteiger partial charge in [-0.25, -0.2) is 0 Å². The van der Waals surface area contributed by atoms with Crippen LogP contribution in [0.25, 0.3) is 0 Å². The molecule has 118 valence electrons. The number of hydrogen-bond acceptors (Lipinski definition) is 3. The molecule has 2 aromatic carbocycles. The summed E-state index contributed by atoms with van der Waals surface area (Å²) in [5.41, 5.74) is 2.58. The third-order valence-electron chi connectivity index (χ3n) is 3.67. The predicted molar refractivity (Wildman–Crippen MR) is 92.6 cm³/mol. The SMILES string of the molecule is Cl.OC(COc1ccc(Cl)cc1)CN1CCc2ccccc21. The standard InChI is InChI=1S/C17H18ClNO2.ClH/c18-14-5-7-16(8-6-14)21-12-15(20)11-19-10-9-13-3-1-2-4-17(13)19;/h1-8,15,20H,9-12H2;1H. The molecule has 0 aliphatic carbocycles. The van der Waals surface area contributed by atoms with Crippen LogP contribution in [0.3, 0.4) is 0 Å². The van der Waals surface area contributed by atoms with E-state index < -0.39 is 6.10 Å². The zero-order valence-electron chi connectivity index (χ0n) is 12.1. The van der Waals surface area contributed by atoms with Crippen molar-refractivity contribution in [1.29, 1.82) is 0 Å². The van der Waals surface area contributed by atoms with Gasteiger partial charge in [-0.05, 0) is 42.3 Å². The number of benzene rings is 2. The van der Waals surface area contributed by atoms with Crippen LogP contribution >= 0.6 is 24.0 Å². The molecule has 1 heterocycles. The molecule has 1 atom stereocenters. The highest BCUT2D eigenvalue weighted by atomic mass is 35.5. The van der Waals surface area contributed by atoms with Gasteiger partial charge in [0.15, 0.2) is 0 Å². The van der Waals surface area contributed by atoms with Crippen molar-refractivity contribution in [2.24, 2.45) is 0 Å². The predicted octanol–water partition coefficient (Wildman–Crippen LogP) is 3.56. The van der Waals surface area contributed by atoms with Gasteiger partial charge >= 0.3 is 0 Å². The third kappa shape index (κ3) is 4.07. The average molecular weight is 340 g/mol. The number of para-hydroxylation sites is 1. The molecule has 0 fully saturated rings. The molecule has 1 unspecified atom stereocenters. The number of halogens is 2. The van der Waals surface area contributed by atoms with E-state index in [0.717, 1.165) is 18.7 Å². The number of rotatable bonds is 5. The Morgan fingerprint density at radius 2 is 1.86 bits per heavy atom. The monoisotopic (exact) mass is 339 g/mol. The molecule has 0 saturated heterocycles. The average Bonchev–Trinajstić information content (AvgIpc) is 2.90. The lowest BCUT2D eigenvalue weighted by Gasteiger charge is -2.23. The molecule has 0 aromatic heterocycles. The minimum Gasteiger partial charge on any atom is -0.491 e. The number of anilines is 1. The van der Waals surface area contributed by atoms with E-state index in [4.69, 9.17) is 16.3 Å². The molecule has 0 amide bonds. The van der Waals surface area contributed by atoms with Crippen molar-refractivity contribution in [1.82, 2.24) is 0 Å². The topological polar surface area (TPSA) is 32.7 Å². The van der Waals surface area contributed by atoms with Crippen molar-refractivity contribution in [3.8, 4) is 5.75 Å². The molecule has 5 heteroatoms. The van der Waals surface area contributed by atoms with Crippen molar-refractivity contribution in [2.45, 2.75) is 12.5 Å². The molecule has 1 N–H and O–H groups in total. The fourth-order valence-electron chi connectivity index (χ4n) is 2.63. The van der Waals surface area contributed by atoms with Crippen LogP contribution in [-0.2, 0) is 6.42 Å². The second kappa shape index (κ2) is 7.73. The first kappa shape index (κ1) is 16.9. The first-order valence-electron chi connectivity index (χ1n) is 7.11. The van der Waals surface area contributed by atoms with E-state index in [-0.39, 0.29) is 19.0 Å². The van der Waals surface area contributed by atoms with Gasteiger partial charge in [-0.2, -0.15) is 0 Å². The molecule has 3 rings (SSSR count). The Morgan fingerprint density at radius 1 is 1.14 bits per heavy atom. The highest BCUT2D eigenvalue weighted by molar-refractivity contribution is 6.30. The Hall–Kier alpha value is -1.42. The van der Waals surface area contributed by atoms with E-state index in [2.05, 4.69) is 23.1 Å². The summed E-state index contributed by atoms with van der Waals surface area (Å²) >= 11 is 5.82. The highest BCUT2D eigenvalue weighted by Gasteiger charge is 2.20. The lowest BCUT2D eigenvalue weighted by atomic mass is 10.2. The first-order valence-corrected chi connectivity index (χ1v) is 7.49. The van der Waals surface area contributed by atoms with E-state index in [1.54, 1.807) is 24.3 Å². The molecule has 3 nitrogen and oxygen atoms in total. The van der Waals surface area contributed by atoms with E-state index >= 15 is 0 Å². The maximum Gasteiger partial charge on any atom is 0.119 e. The number of nitrogens with zero attached hydrogens (tertiary/aromatic N) is 1. The Balaban J connectivity index is 0.00000176. The van der Waals surface area contributed by atoms with Gasteiger partial charge in [-0.1, -0.05) is 29.8 Å². The van der Waals surface area contributed by atoms with Gasteiger partial charge in [0.25, 0.3) is 0 Å². The molecule has 0 saturated carbocycles. The van der Waals surface area contributed by atoms with Crippen molar-refractivity contribution >= 4 is 29.7 Å². The van der Waals surface area contributed by atoms with Crippen LogP contribution in [0.15, 0.2) is 48.5 Å².